The molecule has 0 spiro atoms. The highest BCUT2D eigenvalue weighted by atomic mass is 19.1. The molecular formula is C11H14FNO3. The molecule has 0 saturated carbocycles. The third kappa shape index (κ3) is 3.20. The van der Waals surface area contributed by atoms with Gasteiger partial charge in [-0.25, -0.2) is 4.39 Å². The Kier molecular flexibility index (Phi) is 4.25. The second-order valence-electron chi connectivity index (χ2n) is 3.32. The van der Waals surface area contributed by atoms with Crippen molar-refractivity contribution in [1.29, 1.82) is 0 Å². The molecule has 4 nitrogen and oxygen atoms in total. The smallest absolute Gasteiger partial charge is 0.257 e. The molecule has 0 unspecified atom stereocenters. The standard InChI is InChI=1S/C11H14FNO3/c1-7(14)9-4-3-8(5-10(9)12)16-6-11(15)13-2/h3-5,7,14H,6H2,1-2H3,(H,13,15)/t7-/m1/s1. The number of aliphatic hydroxyl groups is 1. The van der Waals surface area contributed by atoms with E-state index in [-0.39, 0.29) is 23.8 Å². The Balaban J connectivity index is 2.70. The minimum atomic E-state index is -0.868. The first kappa shape index (κ1) is 12.4. The molecule has 1 rings (SSSR count). The summed E-state index contributed by atoms with van der Waals surface area (Å²) in [5, 5.41) is 11.6. The van der Waals surface area contributed by atoms with E-state index in [1.165, 1.54) is 26.1 Å². The Labute approximate surface area is 93.0 Å². The van der Waals surface area contributed by atoms with E-state index in [0.29, 0.717) is 0 Å². The molecule has 1 amide bonds. The highest BCUT2D eigenvalue weighted by Gasteiger charge is 2.09. The lowest BCUT2D eigenvalue weighted by atomic mass is 10.1. The van der Waals surface area contributed by atoms with Crippen molar-refractivity contribution in [2.24, 2.45) is 0 Å². The number of benzene rings is 1. The summed E-state index contributed by atoms with van der Waals surface area (Å²) < 4.78 is 18.4. The minimum Gasteiger partial charge on any atom is -0.484 e. The average Bonchev–Trinajstić information content (AvgIpc) is 2.25. The van der Waals surface area contributed by atoms with Crippen LogP contribution in [0.25, 0.3) is 0 Å². The van der Waals surface area contributed by atoms with Gasteiger partial charge in [-0.2, -0.15) is 0 Å². The third-order valence-corrected chi connectivity index (χ3v) is 2.07. The zero-order valence-electron chi connectivity index (χ0n) is 9.16. The van der Waals surface area contributed by atoms with Gasteiger partial charge >= 0.3 is 0 Å². The van der Waals surface area contributed by atoms with Gasteiger partial charge < -0.3 is 15.2 Å². The summed E-state index contributed by atoms with van der Waals surface area (Å²) in [6.07, 6.45) is -0.868. The summed E-state index contributed by atoms with van der Waals surface area (Å²) in [5.41, 5.74) is 0.201. The highest BCUT2D eigenvalue weighted by Crippen LogP contribution is 2.21. The fraction of sp³-hybridized carbons (Fsp3) is 0.364. The molecule has 1 aromatic carbocycles. The van der Waals surface area contributed by atoms with Crippen LogP contribution in [0.2, 0.25) is 0 Å². The minimum absolute atomic E-state index is 0.163. The monoisotopic (exact) mass is 227 g/mol. The summed E-state index contributed by atoms with van der Waals surface area (Å²) >= 11 is 0. The van der Waals surface area contributed by atoms with Gasteiger partial charge in [0.1, 0.15) is 11.6 Å². The fourth-order valence-electron chi connectivity index (χ4n) is 1.16. The SMILES string of the molecule is CNC(=O)COc1ccc([C@@H](C)O)c(F)c1. The predicted octanol–water partition coefficient (Wildman–Crippen LogP) is 1.00. The Morgan fingerprint density at radius 2 is 2.31 bits per heavy atom. The van der Waals surface area contributed by atoms with Crippen LogP contribution in [0.3, 0.4) is 0 Å². The maximum atomic E-state index is 13.4. The van der Waals surface area contributed by atoms with Gasteiger partial charge in [-0.3, -0.25) is 4.79 Å². The number of likely N-dealkylation sites (N-methyl/N-ethyl adjacent to an activating group) is 1. The Hall–Kier alpha value is -1.62. The van der Waals surface area contributed by atoms with Crippen LogP contribution < -0.4 is 10.1 Å². The van der Waals surface area contributed by atoms with E-state index in [4.69, 9.17) is 4.74 Å². The van der Waals surface area contributed by atoms with Crippen molar-refractivity contribution in [2.75, 3.05) is 13.7 Å². The second kappa shape index (κ2) is 5.46. The van der Waals surface area contributed by atoms with Gasteiger partial charge in [0.2, 0.25) is 0 Å². The number of rotatable bonds is 4. The number of carbonyl (C=O) groups excluding carboxylic acids is 1. The fourth-order valence-corrected chi connectivity index (χ4v) is 1.16. The summed E-state index contributed by atoms with van der Waals surface area (Å²) in [7, 11) is 1.49. The molecule has 0 aromatic heterocycles. The van der Waals surface area contributed by atoms with Gasteiger partial charge in [0, 0.05) is 18.7 Å². The zero-order chi connectivity index (χ0) is 12.1. The van der Waals surface area contributed by atoms with Gasteiger partial charge in [-0.05, 0) is 19.1 Å². The first-order valence-electron chi connectivity index (χ1n) is 4.85. The van der Waals surface area contributed by atoms with Crippen molar-refractivity contribution in [3.05, 3.63) is 29.6 Å². The molecule has 1 atom stereocenters. The van der Waals surface area contributed by atoms with E-state index in [1.807, 2.05) is 0 Å². The molecule has 0 bridgehead atoms. The number of halogens is 1. The highest BCUT2D eigenvalue weighted by molar-refractivity contribution is 5.77. The molecule has 0 saturated heterocycles. The summed E-state index contributed by atoms with van der Waals surface area (Å²) in [6.45, 7) is 1.31. The number of hydrogen-bond acceptors (Lipinski definition) is 3. The quantitative estimate of drug-likeness (QED) is 0.806. The van der Waals surface area contributed by atoms with Gasteiger partial charge in [-0.1, -0.05) is 0 Å². The van der Waals surface area contributed by atoms with Crippen molar-refractivity contribution in [3.63, 3.8) is 0 Å². The van der Waals surface area contributed by atoms with Crippen molar-refractivity contribution in [2.45, 2.75) is 13.0 Å². The van der Waals surface area contributed by atoms with E-state index < -0.39 is 11.9 Å². The molecule has 16 heavy (non-hydrogen) atoms. The van der Waals surface area contributed by atoms with Gasteiger partial charge in [0.05, 0.1) is 6.10 Å². The molecule has 0 aliphatic rings. The number of aliphatic hydroxyl groups excluding tert-OH is 1. The van der Waals surface area contributed by atoms with Crippen LogP contribution in [-0.2, 0) is 4.79 Å². The van der Waals surface area contributed by atoms with Crippen LogP contribution in [0.1, 0.15) is 18.6 Å². The van der Waals surface area contributed by atoms with Crippen LogP contribution >= 0.6 is 0 Å². The average molecular weight is 227 g/mol. The lowest BCUT2D eigenvalue weighted by Crippen LogP contribution is -2.24. The molecule has 0 radical (unpaired) electrons. The maximum absolute atomic E-state index is 13.4. The van der Waals surface area contributed by atoms with Crippen LogP contribution in [0.15, 0.2) is 18.2 Å². The molecular weight excluding hydrogens is 213 g/mol. The largest absolute Gasteiger partial charge is 0.484 e. The normalized spacial score (nSPS) is 12.0. The Bertz CT molecular complexity index is 379. The molecule has 1 aromatic rings. The van der Waals surface area contributed by atoms with Gasteiger partial charge in [-0.15, -0.1) is 0 Å². The van der Waals surface area contributed by atoms with Crippen molar-refractivity contribution in [3.8, 4) is 5.75 Å². The van der Waals surface area contributed by atoms with Crippen LogP contribution in [0, 0.1) is 5.82 Å². The molecule has 2 N–H and O–H groups in total. The van der Waals surface area contributed by atoms with Crippen LogP contribution in [0.5, 0.6) is 5.75 Å². The maximum Gasteiger partial charge on any atom is 0.257 e. The Morgan fingerprint density at radius 1 is 1.62 bits per heavy atom. The van der Waals surface area contributed by atoms with Gasteiger partial charge in [0.25, 0.3) is 5.91 Å². The van der Waals surface area contributed by atoms with Gasteiger partial charge in [0.15, 0.2) is 6.61 Å². The summed E-state index contributed by atoms with van der Waals surface area (Å²) in [4.78, 5) is 10.9. The van der Waals surface area contributed by atoms with Crippen molar-refractivity contribution < 1.29 is 19.0 Å². The molecule has 88 valence electrons. The van der Waals surface area contributed by atoms with E-state index in [1.54, 1.807) is 0 Å². The van der Waals surface area contributed by atoms with E-state index in [9.17, 15) is 14.3 Å². The molecule has 0 aliphatic heterocycles. The summed E-state index contributed by atoms with van der Waals surface area (Å²) in [5.74, 6) is -0.588. The number of ether oxygens (including phenoxy) is 1. The third-order valence-electron chi connectivity index (χ3n) is 2.07. The van der Waals surface area contributed by atoms with E-state index in [0.717, 1.165) is 6.07 Å². The number of carbonyl (C=O) groups is 1. The second-order valence-corrected chi connectivity index (χ2v) is 3.32. The number of nitrogens with one attached hydrogen (secondary N) is 1. The van der Waals surface area contributed by atoms with Crippen LogP contribution in [-0.4, -0.2) is 24.7 Å². The Morgan fingerprint density at radius 3 is 2.81 bits per heavy atom. The first-order valence-corrected chi connectivity index (χ1v) is 4.85. The van der Waals surface area contributed by atoms with Crippen LogP contribution in [0.4, 0.5) is 4.39 Å². The van der Waals surface area contributed by atoms with Crippen molar-refractivity contribution >= 4 is 5.91 Å². The predicted molar refractivity (Wildman–Crippen MR) is 56.6 cm³/mol. The number of hydrogen-bond donors (Lipinski definition) is 2. The lowest BCUT2D eigenvalue weighted by Gasteiger charge is -2.09. The summed E-state index contributed by atoms with van der Waals surface area (Å²) in [6, 6.07) is 4.08. The lowest BCUT2D eigenvalue weighted by molar-refractivity contribution is -0.122. The van der Waals surface area contributed by atoms with E-state index >= 15 is 0 Å². The molecule has 0 aliphatic carbocycles. The molecule has 5 heteroatoms. The molecule has 0 heterocycles. The topological polar surface area (TPSA) is 58.6 Å². The van der Waals surface area contributed by atoms with Crippen molar-refractivity contribution in [1.82, 2.24) is 5.32 Å². The first-order chi connectivity index (χ1) is 7.54. The zero-order valence-corrected chi connectivity index (χ0v) is 9.16. The molecule has 0 fully saturated rings. The number of amides is 1. The van der Waals surface area contributed by atoms with E-state index in [2.05, 4.69) is 5.32 Å².